The largest absolute Gasteiger partial charge is 0.459 e. The van der Waals surface area contributed by atoms with Gasteiger partial charge in [0.2, 0.25) is 0 Å². The van der Waals surface area contributed by atoms with Gasteiger partial charge in [-0.25, -0.2) is 9.36 Å². The molecule has 0 atom stereocenters. The van der Waals surface area contributed by atoms with Crippen molar-refractivity contribution < 1.29 is 22.0 Å². The molecule has 11 heteroatoms. The zero-order chi connectivity index (χ0) is 22.8. The number of halogens is 6. The number of aromatic nitrogens is 4. The molecule has 0 amide bonds. The average molecular weight is 489 g/mol. The van der Waals surface area contributed by atoms with Crippen molar-refractivity contribution in [2.75, 3.05) is 0 Å². The second-order valence-electron chi connectivity index (χ2n) is 8.20. The summed E-state index contributed by atoms with van der Waals surface area (Å²) in [7, 11) is 1.34. The van der Waals surface area contributed by atoms with Gasteiger partial charge in [-0.2, -0.15) is 32.1 Å². The fourth-order valence-electron chi connectivity index (χ4n) is 3.57. The van der Waals surface area contributed by atoms with E-state index in [-0.39, 0.29) is 16.0 Å². The van der Waals surface area contributed by atoms with Gasteiger partial charge in [-0.15, -0.1) is 11.8 Å². The summed E-state index contributed by atoms with van der Waals surface area (Å²) in [6, 6.07) is 5.62. The maximum absolute atomic E-state index is 14.3. The molecule has 0 radical (unpaired) electrons. The van der Waals surface area contributed by atoms with Crippen LogP contribution in [0.15, 0.2) is 35.5 Å². The zero-order valence-electron chi connectivity index (χ0n) is 16.8. The molecule has 0 saturated heterocycles. The van der Waals surface area contributed by atoms with E-state index in [1.54, 1.807) is 12.4 Å². The van der Waals surface area contributed by atoms with Gasteiger partial charge in [-0.3, -0.25) is 0 Å². The van der Waals surface area contributed by atoms with Gasteiger partial charge in [0.15, 0.2) is 11.5 Å². The number of nitrogens with zero attached hydrogens (tertiary/aromatic N) is 4. The third kappa shape index (κ3) is 3.81. The number of hydrogen-bond acceptors (Lipinski definition) is 3. The molecule has 2 fully saturated rings. The topological polar surface area (TPSA) is 35.6 Å². The Morgan fingerprint density at radius 3 is 2.41 bits per heavy atom. The Morgan fingerprint density at radius 2 is 1.78 bits per heavy atom. The molecule has 2 aliphatic carbocycles. The van der Waals surface area contributed by atoms with Crippen LogP contribution in [0, 0.1) is 0 Å². The summed E-state index contributed by atoms with van der Waals surface area (Å²) in [5.41, 5.74) is 1.33. The van der Waals surface area contributed by atoms with Crippen LogP contribution in [0.5, 0.6) is 0 Å². The van der Waals surface area contributed by atoms with E-state index in [9.17, 15) is 22.0 Å². The molecule has 1 aromatic carbocycles. The molecule has 0 aliphatic heterocycles. The van der Waals surface area contributed by atoms with E-state index in [0.29, 0.717) is 16.5 Å². The minimum absolute atomic E-state index is 0.00636. The molecule has 2 heterocycles. The quantitative estimate of drug-likeness (QED) is 0.362. The van der Waals surface area contributed by atoms with Crippen molar-refractivity contribution in [3.63, 3.8) is 0 Å². The maximum atomic E-state index is 14.3. The number of aryl methyl sites for hydroxylation is 1. The molecule has 0 bridgehead atoms. The maximum Gasteiger partial charge on any atom is 0.459 e. The van der Waals surface area contributed by atoms with Gasteiger partial charge in [0.1, 0.15) is 0 Å². The second kappa shape index (κ2) is 7.48. The number of thioether (sulfide) groups is 1. The third-order valence-corrected chi connectivity index (χ3v) is 7.34. The first-order valence-corrected chi connectivity index (χ1v) is 11.4. The van der Waals surface area contributed by atoms with E-state index < -0.39 is 17.8 Å². The molecule has 4 nitrogen and oxygen atoms in total. The normalized spacial score (nSPS) is 17.2. The van der Waals surface area contributed by atoms with Crippen molar-refractivity contribution in [2.45, 2.75) is 53.8 Å². The van der Waals surface area contributed by atoms with Crippen molar-refractivity contribution in [3.05, 3.63) is 46.9 Å². The SMILES string of the molecule is Cn1nc(C(F)(F)C(F)(F)F)c(SC2CC2)c1-n1cc(-c2ccc(Cl)c(C3CC3)c2)cn1. The molecule has 0 spiro atoms. The van der Waals surface area contributed by atoms with Crippen molar-refractivity contribution in [3.8, 4) is 16.9 Å². The molecule has 3 aromatic rings. The van der Waals surface area contributed by atoms with Crippen LogP contribution in [-0.4, -0.2) is 31.0 Å². The summed E-state index contributed by atoms with van der Waals surface area (Å²) in [6.07, 6.45) is 1.10. The minimum Gasteiger partial charge on any atom is -0.249 e. The molecule has 2 aromatic heterocycles. The first-order chi connectivity index (χ1) is 15.1. The Hall–Kier alpha value is -2.07. The van der Waals surface area contributed by atoms with E-state index in [0.717, 1.165) is 53.3 Å². The Balaban J connectivity index is 1.57. The van der Waals surface area contributed by atoms with Gasteiger partial charge in [0.25, 0.3) is 0 Å². The van der Waals surface area contributed by atoms with Crippen LogP contribution in [0.1, 0.15) is 42.9 Å². The van der Waals surface area contributed by atoms with E-state index in [1.807, 2.05) is 18.2 Å². The Bertz CT molecular complexity index is 1180. The molecule has 170 valence electrons. The van der Waals surface area contributed by atoms with Gasteiger partial charge >= 0.3 is 12.1 Å². The molecule has 0 unspecified atom stereocenters. The lowest BCUT2D eigenvalue weighted by atomic mass is 10.0. The van der Waals surface area contributed by atoms with Crippen LogP contribution in [-0.2, 0) is 13.0 Å². The van der Waals surface area contributed by atoms with Gasteiger partial charge in [-0.05, 0) is 54.9 Å². The predicted octanol–water partition coefficient (Wildman–Crippen LogP) is 6.71. The van der Waals surface area contributed by atoms with Crippen molar-refractivity contribution in [1.82, 2.24) is 19.6 Å². The fraction of sp³-hybridized carbons (Fsp3) is 0.429. The molecular weight excluding hydrogens is 471 g/mol. The van der Waals surface area contributed by atoms with Crippen molar-refractivity contribution in [1.29, 1.82) is 0 Å². The lowest BCUT2D eigenvalue weighted by molar-refractivity contribution is -0.292. The fourth-order valence-corrected chi connectivity index (χ4v) is 5.16. The third-order valence-electron chi connectivity index (χ3n) is 5.58. The van der Waals surface area contributed by atoms with Crippen LogP contribution >= 0.6 is 23.4 Å². The average Bonchev–Trinajstić information content (AvgIpc) is 3.63. The van der Waals surface area contributed by atoms with Gasteiger partial charge in [-0.1, -0.05) is 17.7 Å². The smallest absolute Gasteiger partial charge is 0.249 e. The van der Waals surface area contributed by atoms with Crippen LogP contribution in [0.3, 0.4) is 0 Å². The van der Waals surface area contributed by atoms with Gasteiger partial charge < -0.3 is 0 Å². The molecule has 0 N–H and O–H groups in total. The lowest BCUT2D eigenvalue weighted by Crippen LogP contribution is -2.34. The summed E-state index contributed by atoms with van der Waals surface area (Å²) >= 11 is 7.30. The zero-order valence-corrected chi connectivity index (χ0v) is 18.4. The Labute approximate surface area is 189 Å². The summed E-state index contributed by atoms with van der Waals surface area (Å²) in [4.78, 5) is -0.193. The lowest BCUT2D eigenvalue weighted by Gasteiger charge is -2.18. The molecule has 32 heavy (non-hydrogen) atoms. The van der Waals surface area contributed by atoms with Gasteiger partial charge in [0, 0.05) is 29.1 Å². The Kier molecular flexibility index (Phi) is 5.09. The summed E-state index contributed by atoms with van der Waals surface area (Å²) in [5, 5.41) is 8.54. The van der Waals surface area contributed by atoms with E-state index >= 15 is 0 Å². The highest BCUT2D eigenvalue weighted by atomic mass is 35.5. The number of hydrogen-bond donors (Lipinski definition) is 0. The Morgan fingerprint density at radius 1 is 1.06 bits per heavy atom. The summed E-state index contributed by atoms with van der Waals surface area (Å²) in [5.74, 6) is -4.54. The first kappa shape index (κ1) is 21.8. The molecule has 5 rings (SSSR count). The highest BCUT2D eigenvalue weighted by Crippen LogP contribution is 2.51. The number of alkyl halides is 5. The predicted molar refractivity (Wildman–Crippen MR) is 112 cm³/mol. The monoisotopic (exact) mass is 488 g/mol. The van der Waals surface area contributed by atoms with Crippen molar-refractivity contribution >= 4 is 23.4 Å². The minimum atomic E-state index is -5.74. The molecule has 2 saturated carbocycles. The highest BCUT2D eigenvalue weighted by molar-refractivity contribution is 8.00. The summed E-state index contributed by atoms with van der Waals surface area (Å²) < 4.78 is 70.3. The second-order valence-corrected chi connectivity index (χ2v) is 9.92. The number of rotatable bonds is 6. The first-order valence-electron chi connectivity index (χ1n) is 10.1. The van der Waals surface area contributed by atoms with Crippen LogP contribution < -0.4 is 0 Å². The molecule has 2 aliphatic rings. The molecular formula is C21H18ClF5N4S. The highest BCUT2D eigenvalue weighted by Gasteiger charge is 2.62. The van der Waals surface area contributed by atoms with E-state index in [1.165, 1.54) is 11.7 Å². The van der Waals surface area contributed by atoms with Crippen molar-refractivity contribution in [2.24, 2.45) is 7.05 Å². The summed E-state index contributed by atoms with van der Waals surface area (Å²) in [6.45, 7) is 0. The van der Waals surface area contributed by atoms with E-state index in [4.69, 9.17) is 11.6 Å². The van der Waals surface area contributed by atoms with Crippen LogP contribution in [0.2, 0.25) is 5.02 Å². The van der Waals surface area contributed by atoms with Crippen LogP contribution in [0.4, 0.5) is 22.0 Å². The number of benzene rings is 1. The standard InChI is InChI=1S/C21H18ClF5N4S/c1-30-19(17(32-14-5-6-14)18(29-30)20(23,24)21(25,26)27)31-10-13(9-28-31)12-4-7-16(22)15(8-12)11-2-3-11/h4,7-11,14H,2-3,5-6H2,1H3. The van der Waals surface area contributed by atoms with E-state index in [2.05, 4.69) is 10.2 Å². The van der Waals surface area contributed by atoms with Gasteiger partial charge in [0.05, 0.1) is 11.1 Å². The van der Waals surface area contributed by atoms with Crippen LogP contribution in [0.25, 0.3) is 16.9 Å².